The fraction of sp³-hybridized carbons (Fsp3) is 1.00. The Bertz CT molecular complexity index is 96.1. The summed E-state index contributed by atoms with van der Waals surface area (Å²) in [5, 5.41) is 3.51. The lowest BCUT2D eigenvalue weighted by Gasteiger charge is -2.09. The fourth-order valence-electron chi connectivity index (χ4n) is 1.17. The van der Waals surface area contributed by atoms with Crippen LogP contribution in [0.1, 0.15) is 39.5 Å². The second kappa shape index (κ2) is 10.4. The molecule has 1 atom stereocenters. The van der Waals surface area contributed by atoms with Crippen LogP contribution in [0, 0.1) is 5.92 Å². The molecule has 0 amide bonds. The highest BCUT2D eigenvalue weighted by Gasteiger charge is 1.96. The number of hydrogen-bond acceptors (Lipinski definition) is 2. The van der Waals surface area contributed by atoms with Gasteiger partial charge in [-0.05, 0) is 43.9 Å². The summed E-state index contributed by atoms with van der Waals surface area (Å²) in [6, 6.07) is 0. The topological polar surface area (TPSA) is 12.0 Å². The Kier molecular flexibility index (Phi) is 10.6. The molecule has 0 saturated heterocycles. The van der Waals surface area contributed by atoms with Gasteiger partial charge in [0.05, 0.1) is 0 Å². The van der Waals surface area contributed by atoms with Crippen LogP contribution in [-0.2, 0) is 0 Å². The number of thioether (sulfide) groups is 1. The molecule has 0 bridgehead atoms. The molecule has 0 heterocycles. The third-order valence-electron chi connectivity index (χ3n) is 2.39. The van der Waals surface area contributed by atoms with Crippen LogP contribution in [-0.4, -0.2) is 25.1 Å². The van der Waals surface area contributed by atoms with E-state index in [4.69, 9.17) is 0 Å². The van der Waals surface area contributed by atoms with Gasteiger partial charge < -0.3 is 5.32 Å². The second-order valence-corrected chi connectivity index (χ2v) is 4.76. The molecular formula is C11H25NS. The molecule has 0 spiro atoms. The fourth-order valence-corrected chi connectivity index (χ4v) is 1.66. The van der Waals surface area contributed by atoms with Gasteiger partial charge in [-0.15, -0.1) is 0 Å². The van der Waals surface area contributed by atoms with Crippen LogP contribution < -0.4 is 5.32 Å². The predicted octanol–water partition coefficient (Wildman–Crippen LogP) is 3.16. The highest BCUT2D eigenvalue weighted by molar-refractivity contribution is 7.98. The maximum atomic E-state index is 3.51. The molecule has 0 radical (unpaired) electrons. The monoisotopic (exact) mass is 203 g/mol. The Morgan fingerprint density at radius 1 is 1.23 bits per heavy atom. The number of nitrogens with one attached hydrogen (secondary N) is 1. The maximum Gasteiger partial charge on any atom is -0.00233 e. The summed E-state index contributed by atoms with van der Waals surface area (Å²) in [6.45, 7) is 6.96. The first-order valence-electron chi connectivity index (χ1n) is 5.50. The summed E-state index contributed by atoms with van der Waals surface area (Å²) >= 11 is 1.95. The summed E-state index contributed by atoms with van der Waals surface area (Å²) < 4.78 is 0. The van der Waals surface area contributed by atoms with E-state index in [9.17, 15) is 0 Å². The number of rotatable bonds is 9. The third-order valence-corrected chi connectivity index (χ3v) is 3.09. The SMILES string of the molecule is CCC(C)CNCCCCCSC. The van der Waals surface area contributed by atoms with Gasteiger partial charge in [-0.2, -0.15) is 11.8 Å². The standard InChI is InChI=1S/C11H25NS/c1-4-11(2)10-12-8-6-5-7-9-13-3/h11-12H,4-10H2,1-3H3. The first-order valence-corrected chi connectivity index (χ1v) is 6.90. The molecule has 1 nitrogen and oxygen atoms in total. The van der Waals surface area contributed by atoms with Gasteiger partial charge in [0.2, 0.25) is 0 Å². The summed E-state index contributed by atoms with van der Waals surface area (Å²) in [4.78, 5) is 0. The first-order chi connectivity index (χ1) is 6.31. The molecule has 13 heavy (non-hydrogen) atoms. The second-order valence-electron chi connectivity index (χ2n) is 3.77. The largest absolute Gasteiger partial charge is 0.316 e. The molecule has 0 aromatic heterocycles. The van der Waals surface area contributed by atoms with E-state index in [2.05, 4.69) is 25.4 Å². The van der Waals surface area contributed by atoms with Gasteiger partial charge in [0.15, 0.2) is 0 Å². The van der Waals surface area contributed by atoms with E-state index in [1.165, 1.54) is 44.5 Å². The van der Waals surface area contributed by atoms with E-state index in [0.717, 1.165) is 5.92 Å². The summed E-state index contributed by atoms with van der Waals surface area (Å²) in [7, 11) is 0. The van der Waals surface area contributed by atoms with Gasteiger partial charge in [0, 0.05) is 0 Å². The molecule has 0 aliphatic carbocycles. The molecule has 0 rings (SSSR count). The van der Waals surface area contributed by atoms with Crippen LogP contribution in [0.3, 0.4) is 0 Å². The molecular weight excluding hydrogens is 178 g/mol. The summed E-state index contributed by atoms with van der Waals surface area (Å²) in [5.41, 5.74) is 0. The number of unbranched alkanes of at least 4 members (excludes halogenated alkanes) is 2. The van der Waals surface area contributed by atoms with Crippen molar-refractivity contribution in [1.29, 1.82) is 0 Å². The average Bonchev–Trinajstić information content (AvgIpc) is 2.16. The predicted molar refractivity (Wildman–Crippen MR) is 64.6 cm³/mol. The molecule has 1 unspecified atom stereocenters. The maximum absolute atomic E-state index is 3.51. The van der Waals surface area contributed by atoms with Gasteiger partial charge in [-0.1, -0.05) is 26.7 Å². The summed E-state index contributed by atoms with van der Waals surface area (Å²) in [5.74, 6) is 2.16. The summed E-state index contributed by atoms with van der Waals surface area (Å²) in [6.07, 6.45) is 7.58. The Labute approximate surface area is 88.1 Å². The van der Waals surface area contributed by atoms with Crippen LogP contribution in [0.4, 0.5) is 0 Å². The van der Waals surface area contributed by atoms with Crippen LogP contribution in [0.2, 0.25) is 0 Å². The Balaban J connectivity index is 2.91. The van der Waals surface area contributed by atoms with Gasteiger partial charge >= 0.3 is 0 Å². The van der Waals surface area contributed by atoms with Gasteiger partial charge in [0.25, 0.3) is 0 Å². The van der Waals surface area contributed by atoms with E-state index in [0.29, 0.717) is 0 Å². The molecule has 1 N–H and O–H groups in total. The lowest BCUT2D eigenvalue weighted by atomic mass is 10.1. The Hall–Kier alpha value is 0.310. The lowest BCUT2D eigenvalue weighted by molar-refractivity contribution is 0.491. The van der Waals surface area contributed by atoms with Crippen molar-refractivity contribution in [2.75, 3.05) is 25.1 Å². The van der Waals surface area contributed by atoms with Crippen LogP contribution in [0.25, 0.3) is 0 Å². The van der Waals surface area contributed by atoms with Gasteiger partial charge in [-0.3, -0.25) is 0 Å². The van der Waals surface area contributed by atoms with Crippen LogP contribution in [0.15, 0.2) is 0 Å². The lowest BCUT2D eigenvalue weighted by Crippen LogP contribution is -2.21. The van der Waals surface area contributed by atoms with Crippen molar-refractivity contribution in [3.05, 3.63) is 0 Å². The van der Waals surface area contributed by atoms with Crippen LogP contribution in [0.5, 0.6) is 0 Å². The normalized spacial score (nSPS) is 13.2. The van der Waals surface area contributed by atoms with Crippen molar-refractivity contribution in [3.8, 4) is 0 Å². The highest BCUT2D eigenvalue weighted by atomic mass is 32.2. The van der Waals surface area contributed by atoms with E-state index >= 15 is 0 Å². The molecule has 0 fully saturated rings. The minimum absolute atomic E-state index is 0.839. The first kappa shape index (κ1) is 13.3. The Morgan fingerprint density at radius 3 is 2.62 bits per heavy atom. The third kappa shape index (κ3) is 10.2. The minimum Gasteiger partial charge on any atom is -0.316 e. The van der Waals surface area contributed by atoms with E-state index in [1.807, 2.05) is 11.8 Å². The zero-order valence-corrected chi connectivity index (χ0v) is 10.3. The Morgan fingerprint density at radius 2 is 2.00 bits per heavy atom. The molecule has 0 aliphatic rings. The molecule has 2 heteroatoms. The van der Waals surface area contributed by atoms with E-state index < -0.39 is 0 Å². The number of hydrogen-bond donors (Lipinski definition) is 1. The molecule has 0 aromatic carbocycles. The van der Waals surface area contributed by atoms with Crippen molar-refractivity contribution >= 4 is 11.8 Å². The molecule has 0 saturated carbocycles. The zero-order valence-electron chi connectivity index (χ0n) is 9.44. The van der Waals surface area contributed by atoms with Crippen molar-refractivity contribution in [2.24, 2.45) is 5.92 Å². The van der Waals surface area contributed by atoms with Crippen molar-refractivity contribution in [2.45, 2.75) is 39.5 Å². The van der Waals surface area contributed by atoms with Crippen molar-refractivity contribution in [3.63, 3.8) is 0 Å². The molecule has 80 valence electrons. The minimum atomic E-state index is 0.839. The van der Waals surface area contributed by atoms with Crippen LogP contribution >= 0.6 is 11.8 Å². The highest BCUT2D eigenvalue weighted by Crippen LogP contribution is 2.02. The average molecular weight is 203 g/mol. The van der Waals surface area contributed by atoms with E-state index in [-0.39, 0.29) is 0 Å². The quantitative estimate of drug-likeness (QED) is 0.578. The molecule has 0 aliphatic heterocycles. The zero-order chi connectivity index (χ0) is 9.94. The van der Waals surface area contributed by atoms with E-state index in [1.54, 1.807) is 0 Å². The van der Waals surface area contributed by atoms with Crippen molar-refractivity contribution in [1.82, 2.24) is 5.32 Å². The molecule has 0 aromatic rings. The van der Waals surface area contributed by atoms with Crippen molar-refractivity contribution < 1.29 is 0 Å². The smallest absolute Gasteiger partial charge is 0.00233 e. The van der Waals surface area contributed by atoms with Gasteiger partial charge in [-0.25, -0.2) is 0 Å². The van der Waals surface area contributed by atoms with Gasteiger partial charge in [0.1, 0.15) is 0 Å².